The second-order valence-corrected chi connectivity index (χ2v) is 6.52. The van der Waals surface area contributed by atoms with Gasteiger partial charge in [-0.2, -0.15) is 0 Å². The lowest BCUT2D eigenvalue weighted by Gasteiger charge is -2.15. The van der Waals surface area contributed by atoms with Gasteiger partial charge in [-0.25, -0.2) is 0 Å². The molecule has 0 aliphatic heterocycles. The minimum Gasteiger partial charge on any atom is -0.312 e. The maximum Gasteiger partial charge on any atom is 0.305 e. The third kappa shape index (κ3) is 4.29. The number of thiazole rings is 1. The Hall–Kier alpha value is -1.39. The molecule has 4 heteroatoms. The normalized spacial score (nSPS) is 11.2. The first-order chi connectivity index (χ1) is 10.1. The Labute approximate surface area is 130 Å². The van der Waals surface area contributed by atoms with Gasteiger partial charge in [0.2, 0.25) is 0 Å². The third-order valence-electron chi connectivity index (χ3n) is 3.68. The number of aromatic nitrogens is 1. The van der Waals surface area contributed by atoms with Crippen molar-refractivity contribution in [1.29, 1.82) is 0 Å². The highest BCUT2D eigenvalue weighted by molar-refractivity contribution is 7.09. The fourth-order valence-electron chi connectivity index (χ4n) is 2.36. The molecule has 0 radical (unpaired) electrons. The van der Waals surface area contributed by atoms with Crippen LogP contribution >= 0.6 is 11.3 Å². The monoisotopic (exact) mass is 304 g/mol. The Balaban J connectivity index is 2.21. The predicted octanol–water partition coefficient (Wildman–Crippen LogP) is 3.90. The Morgan fingerprint density at radius 3 is 2.52 bits per heavy atom. The van der Waals surface area contributed by atoms with Gasteiger partial charge in [-0.15, -0.1) is 0 Å². The highest BCUT2D eigenvalue weighted by atomic mass is 32.1. The van der Waals surface area contributed by atoms with Crippen LogP contribution in [0.5, 0.6) is 0 Å². The summed E-state index contributed by atoms with van der Waals surface area (Å²) in [5, 5.41) is 0. The fraction of sp³-hybridized carbons (Fsp3) is 0.471. The Morgan fingerprint density at radius 2 is 1.90 bits per heavy atom. The first-order valence-corrected chi connectivity index (χ1v) is 8.45. The molecule has 3 nitrogen and oxygen atoms in total. The standard InChI is InChI=1S/C17H24N2OS/c1-4-6-11-19(3)12-15-16(18-17(20)21-15)14-9-7-13(5-2)8-10-14/h7-10H,4-6,11-12H2,1-3H3,(H,18,20). The molecule has 1 N–H and O–H groups in total. The second-order valence-electron chi connectivity index (χ2n) is 5.45. The van der Waals surface area contributed by atoms with Crippen LogP contribution in [-0.4, -0.2) is 23.5 Å². The number of rotatable bonds is 7. The van der Waals surface area contributed by atoms with Crippen LogP contribution in [0, 0.1) is 0 Å². The van der Waals surface area contributed by atoms with Crippen molar-refractivity contribution in [3.8, 4) is 11.3 Å². The maximum absolute atomic E-state index is 11.7. The van der Waals surface area contributed by atoms with Crippen molar-refractivity contribution < 1.29 is 0 Å². The van der Waals surface area contributed by atoms with Gasteiger partial charge in [0.25, 0.3) is 0 Å². The van der Waals surface area contributed by atoms with E-state index in [-0.39, 0.29) is 4.87 Å². The first-order valence-electron chi connectivity index (χ1n) is 7.63. The van der Waals surface area contributed by atoms with E-state index in [1.807, 2.05) is 0 Å². The zero-order valence-corrected chi connectivity index (χ0v) is 13.9. The molecule has 1 aromatic carbocycles. The average molecular weight is 304 g/mol. The van der Waals surface area contributed by atoms with Gasteiger partial charge in [-0.1, -0.05) is 55.9 Å². The number of aryl methyl sites for hydroxylation is 1. The molecule has 2 rings (SSSR count). The van der Waals surface area contributed by atoms with Crippen LogP contribution in [0.4, 0.5) is 0 Å². The number of benzene rings is 1. The van der Waals surface area contributed by atoms with Crippen LogP contribution in [0.2, 0.25) is 0 Å². The Kier molecular flexibility index (Phi) is 5.76. The predicted molar refractivity (Wildman–Crippen MR) is 91.0 cm³/mol. The number of nitrogens with one attached hydrogen (secondary N) is 1. The molecule has 0 saturated carbocycles. The molecule has 1 heterocycles. The second kappa shape index (κ2) is 7.57. The molecule has 114 valence electrons. The molecule has 1 aromatic heterocycles. The van der Waals surface area contributed by atoms with E-state index in [9.17, 15) is 4.79 Å². The molecule has 0 bridgehead atoms. The third-order valence-corrected chi connectivity index (χ3v) is 4.55. The summed E-state index contributed by atoms with van der Waals surface area (Å²) in [7, 11) is 2.11. The van der Waals surface area contributed by atoms with Crippen molar-refractivity contribution in [2.45, 2.75) is 39.7 Å². The number of unbranched alkanes of at least 4 members (excludes halogenated alkanes) is 1. The molecule has 0 aliphatic rings. The van der Waals surface area contributed by atoms with Gasteiger partial charge in [0.15, 0.2) is 0 Å². The van der Waals surface area contributed by atoms with E-state index >= 15 is 0 Å². The van der Waals surface area contributed by atoms with Crippen molar-refractivity contribution in [1.82, 2.24) is 9.88 Å². The number of nitrogens with zero attached hydrogens (tertiary/aromatic N) is 1. The maximum atomic E-state index is 11.7. The Bertz CT molecular complexity index is 612. The minimum atomic E-state index is 0.0310. The molecule has 0 saturated heterocycles. The van der Waals surface area contributed by atoms with Crippen molar-refractivity contribution in [2.75, 3.05) is 13.6 Å². The molecule has 2 aromatic rings. The summed E-state index contributed by atoms with van der Waals surface area (Å²) in [4.78, 5) is 18.2. The summed E-state index contributed by atoms with van der Waals surface area (Å²) >= 11 is 1.33. The van der Waals surface area contributed by atoms with E-state index in [4.69, 9.17) is 0 Å². The molecule has 0 fully saturated rings. The van der Waals surface area contributed by atoms with Gasteiger partial charge >= 0.3 is 4.87 Å². The van der Waals surface area contributed by atoms with E-state index in [1.165, 1.54) is 29.7 Å². The molecule has 21 heavy (non-hydrogen) atoms. The highest BCUT2D eigenvalue weighted by Crippen LogP contribution is 2.24. The summed E-state index contributed by atoms with van der Waals surface area (Å²) in [5.41, 5.74) is 3.40. The molecular weight excluding hydrogens is 280 g/mol. The van der Waals surface area contributed by atoms with Crippen LogP contribution < -0.4 is 4.87 Å². The summed E-state index contributed by atoms with van der Waals surface area (Å²) in [6, 6.07) is 8.48. The topological polar surface area (TPSA) is 36.1 Å². The number of hydrogen-bond donors (Lipinski definition) is 1. The summed E-state index contributed by atoms with van der Waals surface area (Å²) in [6.45, 7) is 6.24. The minimum absolute atomic E-state index is 0.0310. The van der Waals surface area contributed by atoms with Crippen LogP contribution in [0.25, 0.3) is 11.3 Å². The van der Waals surface area contributed by atoms with Crippen LogP contribution in [0.1, 0.15) is 37.1 Å². The lowest BCUT2D eigenvalue weighted by molar-refractivity contribution is 0.324. The van der Waals surface area contributed by atoms with E-state index in [2.05, 4.69) is 55.0 Å². The van der Waals surface area contributed by atoms with Crippen molar-refractivity contribution in [2.24, 2.45) is 0 Å². The van der Waals surface area contributed by atoms with E-state index in [1.54, 1.807) is 0 Å². The first kappa shape index (κ1) is 16.0. The van der Waals surface area contributed by atoms with E-state index < -0.39 is 0 Å². The molecule has 0 atom stereocenters. The lowest BCUT2D eigenvalue weighted by Crippen LogP contribution is -2.18. The van der Waals surface area contributed by atoms with Crippen LogP contribution in [0.15, 0.2) is 29.1 Å². The van der Waals surface area contributed by atoms with Crippen LogP contribution in [0.3, 0.4) is 0 Å². The molecular formula is C17H24N2OS. The van der Waals surface area contributed by atoms with Gasteiger partial charge in [-0.3, -0.25) is 4.79 Å². The molecule has 0 unspecified atom stereocenters. The van der Waals surface area contributed by atoms with Crippen molar-refractivity contribution in [3.05, 3.63) is 44.4 Å². The smallest absolute Gasteiger partial charge is 0.305 e. The number of aromatic amines is 1. The quantitative estimate of drug-likeness (QED) is 0.842. The van der Waals surface area contributed by atoms with E-state index in [0.717, 1.165) is 35.6 Å². The van der Waals surface area contributed by atoms with Gasteiger partial charge in [0.1, 0.15) is 0 Å². The summed E-state index contributed by atoms with van der Waals surface area (Å²) in [6.07, 6.45) is 3.42. The van der Waals surface area contributed by atoms with Gasteiger partial charge in [0.05, 0.1) is 5.69 Å². The van der Waals surface area contributed by atoms with Crippen molar-refractivity contribution >= 4 is 11.3 Å². The number of H-pyrrole nitrogens is 1. The zero-order valence-electron chi connectivity index (χ0n) is 13.1. The SMILES string of the molecule is CCCCN(C)Cc1sc(=O)[nH]c1-c1ccc(CC)cc1. The highest BCUT2D eigenvalue weighted by Gasteiger charge is 2.12. The lowest BCUT2D eigenvalue weighted by atomic mass is 10.1. The summed E-state index contributed by atoms with van der Waals surface area (Å²) < 4.78 is 0. The number of hydrogen-bond acceptors (Lipinski definition) is 3. The zero-order chi connectivity index (χ0) is 15.2. The average Bonchev–Trinajstić information content (AvgIpc) is 2.85. The largest absolute Gasteiger partial charge is 0.312 e. The van der Waals surface area contributed by atoms with Crippen LogP contribution in [-0.2, 0) is 13.0 Å². The molecule has 0 amide bonds. The fourth-order valence-corrected chi connectivity index (χ4v) is 3.30. The molecule has 0 aliphatic carbocycles. The van der Waals surface area contributed by atoms with Gasteiger partial charge < -0.3 is 9.88 Å². The summed E-state index contributed by atoms with van der Waals surface area (Å²) in [5.74, 6) is 0. The van der Waals surface area contributed by atoms with Gasteiger partial charge in [0, 0.05) is 11.4 Å². The Morgan fingerprint density at radius 1 is 1.19 bits per heavy atom. The van der Waals surface area contributed by atoms with E-state index in [0.29, 0.717) is 0 Å². The molecule has 0 spiro atoms. The van der Waals surface area contributed by atoms with Crippen molar-refractivity contribution in [3.63, 3.8) is 0 Å². The van der Waals surface area contributed by atoms with Gasteiger partial charge in [-0.05, 0) is 37.6 Å².